The molecule has 22 heavy (non-hydrogen) atoms. The van der Waals surface area contributed by atoms with Gasteiger partial charge in [-0.05, 0) is 55.6 Å². The van der Waals surface area contributed by atoms with E-state index in [4.69, 9.17) is 9.52 Å². The van der Waals surface area contributed by atoms with Crippen LogP contribution in [-0.4, -0.2) is 34.3 Å². The van der Waals surface area contributed by atoms with Crippen molar-refractivity contribution < 1.29 is 4.42 Å². The van der Waals surface area contributed by atoms with Crippen LogP contribution < -0.4 is 0 Å². The van der Waals surface area contributed by atoms with Gasteiger partial charge in [0.25, 0.3) is 0 Å². The zero-order valence-electron chi connectivity index (χ0n) is 12.5. The highest BCUT2D eigenvalue weighted by atomic mass is 16.3. The van der Waals surface area contributed by atoms with Gasteiger partial charge < -0.3 is 9.32 Å². The molecule has 3 fully saturated rings. The van der Waals surface area contributed by atoms with Crippen LogP contribution in [0, 0.1) is 5.92 Å². The van der Waals surface area contributed by atoms with Crippen LogP contribution in [0.4, 0.5) is 0 Å². The van der Waals surface area contributed by atoms with E-state index in [9.17, 15) is 0 Å². The summed E-state index contributed by atoms with van der Waals surface area (Å²) in [5.41, 5.74) is 3.57. The van der Waals surface area contributed by atoms with Crippen molar-refractivity contribution in [2.45, 2.75) is 18.9 Å². The molecule has 0 N–H and O–H groups in total. The molecule has 4 heteroatoms. The first kappa shape index (κ1) is 12.5. The van der Waals surface area contributed by atoms with Gasteiger partial charge in [-0.15, -0.1) is 0 Å². The summed E-state index contributed by atoms with van der Waals surface area (Å²) in [6.07, 6.45) is 8.16. The van der Waals surface area contributed by atoms with Crippen molar-refractivity contribution in [1.82, 2.24) is 14.7 Å². The lowest BCUT2D eigenvalue weighted by atomic mass is 9.84. The molecule has 0 aliphatic carbocycles. The zero-order chi connectivity index (χ0) is 14.5. The lowest BCUT2D eigenvalue weighted by molar-refractivity contribution is 0.0534. The highest BCUT2D eigenvalue weighted by molar-refractivity contribution is 5.84. The molecular formula is C18H19N3O. The third-order valence-electron chi connectivity index (χ3n) is 5.39. The molecule has 0 spiro atoms. The Morgan fingerprint density at radius 3 is 2.73 bits per heavy atom. The third-order valence-corrected chi connectivity index (χ3v) is 5.39. The molecule has 3 aliphatic heterocycles. The number of rotatable bonds is 2. The molecule has 0 amide bonds. The predicted octanol–water partition coefficient (Wildman–Crippen LogP) is 3.56. The summed E-state index contributed by atoms with van der Waals surface area (Å²) in [7, 11) is 0. The van der Waals surface area contributed by atoms with Crippen LogP contribution in [-0.2, 0) is 0 Å². The van der Waals surface area contributed by atoms with Crippen molar-refractivity contribution in [3.63, 3.8) is 0 Å². The number of aromatic nitrogens is 2. The fourth-order valence-corrected chi connectivity index (χ4v) is 4.14. The maximum Gasteiger partial charge on any atom is 0.0980 e. The Hall–Kier alpha value is -2.07. The van der Waals surface area contributed by atoms with Crippen molar-refractivity contribution in [1.29, 1.82) is 0 Å². The van der Waals surface area contributed by atoms with Crippen LogP contribution >= 0.6 is 0 Å². The lowest BCUT2D eigenvalue weighted by Crippen LogP contribution is -2.48. The van der Waals surface area contributed by atoms with E-state index in [-0.39, 0.29) is 0 Å². The van der Waals surface area contributed by atoms with Gasteiger partial charge in [0.05, 0.1) is 30.3 Å². The Labute approximate surface area is 129 Å². The number of hydrogen-bond donors (Lipinski definition) is 0. The zero-order valence-corrected chi connectivity index (χ0v) is 12.5. The van der Waals surface area contributed by atoms with Crippen molar-refractivity contribution in [3.8, 4) is 11.1 Å². The smallest absolute Gasteiger partial charge is 0.0980 e. The van der Waals surface area contributed by atoms with E-state index in [0.29, 0.717) is 6.04 Å². The first-order chi connectivity index (χ1) is 10.9. The maximum absolute atomic E-state index is 5.19. The summed E-state index contributed by atoms with van der Waals surface area (Å²) >= 11 is 0. The van der Waals surface area contributed by atoms with Gasteiger partial charge in [0.1, 0.15) is 0 Å². The molecule has 0 saturated carbocycles. The molecule has 3 aliphatic rings. The maximum atomic E-state index is 5.19. The molecule has 2 aromatic heterocycles. The van der Waals surface area contributed by atoms with Gasteiger partial charge in [0.2, 0.25) is 0 Å². The Bertz CT molecular complexity index is 797. The fraction of sp³-hybridized carbons (Fsp3) is 0.389. The van der Waals surface area contributed by atoms with Crippen molar-refractivity contribution in [3.05, 3.63) is 43.0 Å². The van der Waals surface area contributed by atoms with Crippen LogP contribution in [0.1, 0.15) is 18.9 Å². The van der Waals surface area contributed by atoms with E-state index in [1.165, 1.54) is 42.4 Å². The molecule has 0 unspecified atom stereocenters. The Balaban J connectivity index is 1.56. The van der Waals surface area contributed by atoms with E-state index < -0.39 is 0 Å². The summed E-state index contributed by atoms with van der Waals surface area (Å²) in [6.45, 7) is 3.70. The van der Waals surface area contributed by atoms with E-state index in [0.717, 1.165) is 18.0 Å². The summed E-state index contributed by atoms with van der Waals surface area (Å²) < 4.78 is 7.46. The molecule has 4 nitrogen and oxygen atoms in total. The lowest BCUT2D eigenvalue weighted by Gasteiger charge is -2.44. The largest absolute Gasteiger partial charge is 0.472 e. The van der Waals surface area contributed by atoms with E-state index >= 15 is 0 Å². The normalized spacial score (nSPS) is 27.5. The van der Waals surface area contributed by atoms with E-state index in [1.54, 1.807) is 12.5 Å². The van der Waals surface area contributed by atoms with Gasteiger partial charge in [-0.3, -0.25) is 4.68 Å². The molecular weight excluding hydrogens is 274 g/mol. The number of furan rings is 1. The minimum absolute atomic E-state index is 0.541. The van der Waals surface area contributed by atoms with Crippen LogP contribution in [0.3, 0.4) is 0 Å². The average Bonchev–Trinajstić information content (AvgIpc) is 3.25. The quantitative estimate of drug-likeness (QED) is 0.724. The predicted molar refractivity (Wildman–Crippen MR) is 85.6 cm³/mol. The first-order valence-electron chi connectivity index (χ1n) is 8.11. The van der Waals surface area contributed by atoms with Crippen LogP contribution in [0.25, 0.3) is 22.0 Å². The second kappa shape index (κ2) is 4.71. The Morgan fingerprint density at radius 2 is 2.00 bits per heavy atom. The second-order valence-electron chi connectivity index (χ2n) is 6.58. The molecule has 6 rings (SSSR count). The summed E-state index contributed by atoms with van der Waals surface area (Å²) in [4.78, 5) is 2.58. The molecule has 1 atom stereocenters. The number of piperidine rings is 3. The standard InChI is InChI=1S/C18H19N3O/c1-2-17-16(9-14(1)15-5-8-22-12-15)10-19-21(17)18-11-20-6-3-13(18)4-7-20/h1-2,5,8-10,12-13,18H,3-4,6-7,11H2/t18-/m1/s1. The summed E-state index contributed by atoms with van der Waals surface area (Å²) in [5.74, 6) is 0.793. The molecule has 112 valence electrons. The highest BCUT2D eigenvalue weighted by Crippen LogP contribution is 2.37. The number of benzene rings is 1. The van der Waals surface area contributed by atoms with Gasteiger partial charge in [0.15, 0.2) is 0 Å². The first-order valence-corrected chi connectivity index (χ1v) is 8.11. The minimum Gasteiger partial charge on any atom is -0.472 e. The van der Waals surface area contributed by atoms with Gasteiger partial charge in [0, 0.05) is 17.5 Å². The summed E-state index contributed by atoms with van der Waals surface area (Å²) in [6, 6.07) is 9.14. The van der Waals surface area contributed by atoms with Gasteiger partial charge >= 0.3 is 0 Å². The van der Waals surface area contributed by atoms with Crippen LogP contribution in [0.15, 0.2) is 47.4 Å². The van der Waals surface area contributed by atoms with E-state index in [1.807, 2.05) is 12.3 Å². The summed E-state index contributed by atoms with van der Waals surface area (Å²) in [5, 5.41) is 5.94. The molecule has 2 bridgehead atoms. The second-order valence-corrected chi connectivity index (χ2v) is 6.58. The Kier molecular flexibility index (Phi) is 2.67. The SMILES string of the molecule is c1cc(-c2ccc3c(cnn3[C@@H]3CN4CCC3CC4)c2)co1. The third kappa shape index (κ3) is 1.83. The molecule has 0 radical (unpaired) electrons. The monoisotopic (exact) mass is 293 g/mol. The minimum atomic E-state index is 0.541. The molecule has 1 aromatic carbocycles. The van der Waals surface area contributed by atoms with Crippen LogP contribution in [0.2, 0.25) is 0 Å². The van der Waals surface area contributed by atoms with Crippen molar-refractivity contribution in [2.75, 3.05) is 19.6 Å². The topological polar surface area (TPSA) is 34.2 Å². The van der Waals surface area contributed by atoms with Crippen molar-refractivity contribution in [2.24, 2.45) is 5.92 Å². The van der Waals surface area contributed by atoms with Gasteiger partial charge in [-0.2, -0.15) is 5.10 Å². The van der Waals surface area contributed by atoms with E-state index in [2.05, 4.69) is 27.8 Å². The number of hydrogen-bond acceptors (Lipinski definition) is 3. The van der Waals surface area contributed by atoms with Gasteiger partial charge in [-0.1, -0.05) is 6.07 Å². The van der Waals surface area contributed by atoms with Crippen LogP contribution in [0.5, 0.6) is 0 Å². The molecule has 3 saturated heterocycles. The highest BCUT2D eigenvalue weighted by Gasteiger charge is 2.36. The average molecular weight is 293 g/mol. The molecule has 3 aromatic rings. The fourth-order valence-electron chi connectivity index (χ4n) is 4.14. The number of fused-ring (bicyclic) bond motifs is 4. The Morgan fingerprint density at radius 1 is 1.09 bits per heavy atom. The number of nitrogens with zero attached hydrogens (tertiary/aromatic N) is 3. The van der Waals surface area contributed by atoms with Crippen molar-refractivity contribution >= 4 is 10.9 Å². The van der Waals surface area contributed by atoms with Gasteiger partial charge in [-0.25, -0.2) is 0 Å². The molecule has 5 heterocycles.